The van der Waals surface area contributed by atoms with Crippen molar-refractivity contribution in [1.82, 2.24) is 5.32 Å². The molecule has 0 aromatic carbocycles. The van der Waals surface area contributed by atoms with Gasteiger partial charge in [-0.05, 0) is 25.7 Å². The second-order valence-corrected chi connectivity index (χ2v) is 5.62. The van der Waals surface area contributed by atoms with E-state index >= 15 is 0 Å². The Morgan fingerprint density at radius 1 is 1.35 bits per heavy atom. The Morgan fingerprint density at radius 2 is 1.95 bits per heavy atom. The fourth-order valence-electron chi connectivity index (χ4n) is 3.27. The number of amides is 1. The Kier molecular flexibility index (Phi) is 3.47. The zero-order chi connectivity index (χ0) is 15.2. The summed E-state index contributed by atoms with van der Waals surface area (Å²) >= 11 is 0. The van der Waals surface area contributed by atoms with Gasteiger partial charge in [-0.1, -0.05) is 0 Å². The number of carbonyl (C=O) groups excluding carboxylic acids is 1. The number of hydrogen-bond acceptors (Lipinski definition) is 5. The molecule has 0 aromatic heterocycles. The van der Waals surface area contributed by atoms with Crippen LogP contribution in [-0.2, 0) is 14.4 Å². The standard InChI is InChI=1S/C12H18N2O6/c1-4(15)8(13)9(16)14-12(11(19)20)3-2-5-6(7(5)12)10(17)18/h4-8,15H,2-3,13H2,1H3,(H,14,16)(H,17,18)(H,19,20)/t4-,5+,6+,7+,8+,12+/m1/s1. The van der Waals surface area contributed by atoms with Gasteiger partial charge in [0.1, 0.15) is 11.6 Å². The normalized spacial score (nSPS) is 37.6. The minimum atomic E-state index is -1.59. The number of carboxylic acid groups (broad SMARTS) is 2. The van der Waals surface area contributed by atoms with Crippen LogP contribution in [0.5, 0.6) is 0 Å². The number of aliphatic hydroxyl groups is 1. The van der Waals surface area contributed by atoms with Crippen LogP contribution in [0, 0.1) is 17.8 Å². The van der Waals surface area contributed by atoms with Gasteiger partial charge in [-0.15, -0.1) is 0 Å². The van der Waals surface area contributed by atoms with Crippen LogP contribution >= 0.6 is 0 Å². The average molecular weight is 286 g/mol. The van der Waals surface area contributed by atoms with E-state index in [1.165, 1.54) is 6.92 Å². The number of aliphatic hydroxyl groups excluding tert-OH is 1. The number of rotatable bonds is 5. The summed E-state index contributed by atoms with van der Waals surface area (Å²) < 4.78 is 0. The Labute approximate surface area is 114 Å². The molecule has 0 radical (unpaired) electrons. The van der Waals surface area contributed by atoms with Crippen molar-refractivity contribution in [2.24, 2.45) is 23.5 Å². The molecule has 2 aliphatic rings. The third kappa shape index (κ3) is 2.04. The number of nitrogens with one attached hydrogen (secondary N) is 1. The Hall–Kier alpha value is -1.67. The van der Waals surface area contributed by atoms with Crippen molar-refractivity contribution in [3.63, 3.8) is 0 Å². The number of nitrogens with two attached hydrogens (primary N) is 1. The lowest BCUT2D eigenvalue weighted by molar-refractivity contribution is -0.150. The van der Waals surface area contributed by atoms with Gasteiger partial charge in [-0.3, -0.25) is 9.59 Å². The molecule has 112 valence electrons. The zero-order valence-electron chi connectivity index (χ0n) is 10.9. The van der Waals surface area contributed by atoms with Crippen LogP contribution in [-0.4, -0.2) is 50.9 Å². The van der Waals surface area contributed by atoms with E-state index in [1.807, 2.05) is 0 Å². The van der Waals surface area contributed by atoms with Crippen molar-refractivity contribution < 1.29 is 29.7 Å². The first-order valence-corrected chi connectivity index (χ1v) is 6.44. The molecule has 1 amide bonds. The first-order valence-electron chi connectivity index (χ1n) is 6.44. The smallest absolute Gasteiger partial charge is 0.329 e. The van der Waals surface area contributed by atoms with Gasteiger partial charge in [0, 0.05) is 5.92 Å². The third-order valence-electron chi connectivity index (χ3n) is 4.45. The van der Waals surface area contributed by atoms with Crippen LogP contribution in [0.3, 0.4) is 0 Å². The maximum Gasteiger partial charge on any atom is 0.329 e. The fourth-order valence-corrected chi connectivity index (χ4v) is 3.27. The molecule has 0 unspecified atom stereocenters. The van der Waals surface area contributed by atoms with E-state index in [1.54, 1.807) is 0 Å². The molecule has 2 fully saturated rings. The van der Waals surface area contributed by atoms with Gasteiger partial charge >= 0.3 is 11.9 Å². The van der Waals surface area contributed by atoms with Crippen molar-refractivity contribution in [1.29, 1.82) is 0 Å². The molecule has 6 atom stereocenters. The number of carbonyl (C=O) groups is 3. The van der Waals surface area contributed by atoms with Crippen LogP contribution < -0.4 is 11.1 Å². The molecule has 0 spiro atoms. The lowest BCUT2D eigenvalue weighted by atomic mass is 9.89. The zero-order valence-corrected chi connectivity index (χ0v) is 10.9. The summed E-state index contributed by atoms with van der Waals surface area (Å²) in [5.74, 6) is -4.63. The van der Waals surface area contributed by atoms with Crippen molar-refractivity contribution in [2.45, 2.75) is 37.5 Å². The van der Waals surface area contributed by atoms with Gasteiger partial charge in [0.05, 0.1) is 12.0 Å². The van der Waals surface area contributed by atoms with Gasteiger partial charge in [0.2, 0.25) is 5.91 Å². The molecule has 8 heteroatoms. The molecule has 0 aromatic rings. The highest BCUT2D eigenvalue weighted by Crippen LogP contribution is 2.62. The summed E-state index contributed by atoms with van der Waals surface area (Å²) in [6.07, 6.45) is -0.495. The van der Waals surface area contributed by atoms with Crippen LogP contribution in [0.2, 0.25) is 0 Å². The minimum absolute atomic E-state index is 0.180. The van der Waals surface area contributed by atoms with E-state index in [9.17, 15) is 24.6 Å². The molecular formula is C12H18N2O6. The lowest BCUT2D eigenvalue weighted by Gasteiger charge is -2.30. The first-order chi connectivity index (χ1) is 9.22. The lowest BCUT2D eigenvalue weighted by Crippen LogP contribution is -2.60. The molecule has 2 saturated carbocycles. The molecule has 20 heavy (non-hydrogen) atoms. The van der Waals surface area contributed by atoms with E-state index in [4.69, 9.17) is 10.8 Å². The average Bonchev–Trinajstić information content (AvgIpc) is 2.98. The summed E-state index contributed by atoms with van der Waals surface area (Å²) in [5, 5.41) is 30.1. The van der Waals surface area contributed by atoms with Crippen molar-refractivity contribution in [2.75, 3.05) is 0 Å². The van der Waals surface area contributed by atoms with Gasteiger partial charge in [0.25, 0.3) is 0 Å². The topological polar surface area (TPSA) is 150 Å². The number of carboxylic acids is 2. The third-order valence-corrected chi connectivity index (χ3v) is 4.45. The molecule has 0 saturated heterocycles. The minimum Gasteiger partial charge on any atom is -0.481 e. The van der Waals surface area contributed by atoms with Gasteiger partial charge in [-0.25, -0.2) is 4.79 Å². The Balaban J connectivity index is 2.19. The SMILES string of the molecule is C[C@@H](O)[C@H](N)C(=O)N[C@@]1(C(=O)O)CC[C@H]2[C@H](C(=O)O)[C@H]21. The Bertz CT molecular complexity index is 465. The van der Waals surface area contributed by atoms with Crippen LogP contribution in [0.1, 0.15) is 19.8 Å². The molecule has 0 aliphatic heterocycles. The van der Waals surface area contributed by atoms with E-state index in [0.717, 1.165) is 0 Å². The summed E-state index contributed by atoms with van der Waals surface area (Å²) in [4.78, 5) is 34.5. The van der Waals surface area contributed by atoms with E-state index in [2.05, 4.69) is 5.32 Å². The quantitative estimate of drug-likeness (QED) is 0.407. The number of fused-ring (bicyclic) bond motifs is 1. The summed E-state index contributed by atoms with van der Waals surface area (Å²) in [7, 11) is 0. The number of aliphatic carboxylic acids is 2. The van der Waals surface area contributed by atoms with Crippen LogP contribution in [0.25, 0.3) is 0 Å². The van der Waals surface area contributed by atoms with Gasteiger partial charge < -0.3 is 26.4 Å². The fraction of sp³-hybridized carbons (Fsp3) is 0.750. The molecule has 2 rings (SSSR count). The van der Waals surface area contributed by atoms with Crippen LogP contribution in [0.15, 0.2) is 0 Å². The predicted molar refractivity (Wildman–Crippen MR) is 65.5 cm³/mol. The molecule has 6 N–H and O–H groups in total. The second kappa shape index (κ2) is 4.71. The molecular weight excluding hydrogens is 268 g/mol. The summed E-state index contributed by atoms with van der Waals surface area (Å²) in [5.41, 5.74) is 3.89. The second-order valence-electron chi connectivity index (χ2n) is 5.62. The van der Waals surface area contributed by atoms with Gasteiger partial charge in [-0.2, -0.15) is 0 Å². The van der Waals surface area contributed by atoms with E-state index in [0.29, 0.717) is 6.42 Å². The van der Waals surface area contributed by atoms with E-state index in [-0.39, 0.29) is 12.3 Å². The highest BCUT2D eigenvalue weighted by atomic mass is 16.4. The van der Waals surface area contributed by atoms with E-state index < -0.39 is 47.4 Å². The monoisotopic (exact) mass is 286 g/mol. The molecule has 8 nitrogen and oxygen atoms in total. The summed E-state index contributed by atoms with van der Waals surface area (Å²) in [6.45, 7) is 1.33. The van der Waals surface area contributed by atoms with Crippen molar-refractivity contribution in [3.05, 3.63) is 0 Å². The van der Waals surface area contributed by atoms with Crippen LogP contribution in [0.4, 0.5) is 0 Å². The molecule has 0 bridgehead atoms. The van der Waals surface area contributed by atoms with Crippen molar-refractivity contribution in [3.8, 4) is 0 Å². The maximum absolute atomic E-state index is 11.9. The van der Waals surface area contributed by atoms with Gasteiger partial charge in [0.15, 0.2) is 0 Å². The molecule has 2 aliphatic carbocycles. The maximum atomic E-state index is 11.9. The predicted octanol–water partition coefficient (Wildman–Crippen LogP) is -1.63. The summed E-state index contributed by atoms with van der Waals surface area (Å²) in [6, 6.07) is -1.24. The molecule has 0 heterocycles. The largest absolute Gasteiger partial charge is 0.481 e. The highest BCUT2D eigenvalue weighted by molar-refractivity contribution is 5.92. The number of hydrogen-bond donors (Lipinski definition) is 5. The van der Waals surface area contributed by atoms with Crippen molar-refractivity contribution >= 4 is 17.8 Å². The Morgan fingerprint density at radius 3 is 2.35 bits per heavy atom. The highest BCUT2D eigenvalue weighted by Gasteiger charge is 2.72. The first kappa shape index (κ1) is 14.7.